The van der Waals surface area contributed by atoms with Crippen molar-refractivity contribution in [1.29, 1.82) is 0 Å². The number of halogens is 1. The van der Waals surface area contributed by atoms with Crippen molar-refractivity contribution in [3.8, 4) is 0 Å². The van der Waals surface area contributed by atoms with Gasteiger partial charge in [-0.15, -0.1) is 0 Å². The van der Waals surface area contributed by atoms with Crippen LogP contribution in [0.25, 0.3) is 10.2 Å². The number of piperidine rings is 1. The third-order valence-electron chi connectivity index (χ3n) is 3.54. The number of hydrogen-bond acceptors (Lipinski definition) is 5. The van der Waals surface area contributed by atoms with Crippen LogP contribution in [0.1, 0.15) is 19.3 Å². The van der Waals surface area contributed by atoms with Crippen LogP contribution in [0, 0.1) is 0 Å². The van der Waals surface area contributed by atoms with E-state index in [0.717, 1.165) is 27.6 Å². The van der Waals surface area contributed by atoms with Gasteiger partial charge in [0.25, 0.3) is 0 Å². The number of carbonyl (C=O) groups is 1. The first kappa shape index (κ1) is 17.0. The maximum Gasteiger partial charge on any atom is 0.236 e. The predicted octanol–water partition coefficient (Wildman–Crippen LogP) is 4.39. The van der Waals surface area contributed by atoms with Gasteiger partial charge < -0.3 is 10.2 Å². The zero-order valence-corrected chi connectivity index (χ0v) is 15.6. The van der Waals surface area contributed by atoms with Gasteiger partial charge in [-0.25, -0.2) is 4.98 Å². The first-order chi connectivity index (χ1) is 11.1. The molecule has 4 nitrogen and oxygen atoms in total. The number of fused-ring (bicyclic) bond motifs is 1. The van der Waals surface area contributed by atoms with Crippen molar-refractivity contribution in [3.05, 3.63) is 23.2 Å². The highest BCUT2D eigenvalue weighted by Gasteiger charge is 2.15. The number of thiocarbonyl (C=S) groups is 1. The molecule has 1 aromatic carbocycles. The Hall–Kier alpha value is -0.890. The highest BCUT2D eigenvalue weighted by Crippen LogP contribution is 2.28. The molecule has 0 aliphatic carbocycles. The highest BCUT2D eigenvalue weighted by molar-refractivity contribution is 8.23. The van der Waals surface area contributed by atoms with Gasteiger partial charge >= 0.3 is 0 Å². The fourth-order valence-electron chi connectivity index (χ4n) is 2.40. The number of thioether (sulfide) groups is 1. The van der Waals surface area contributed by atoms with Crippen molar-refractivity contribution >= 4 is 72.5 Å². The molecule has 1 fully saturated rings. The van der Waals surface area contributed by atoms with Crippen LogP contribution in [0.4, 0.5) is 5.13 Å². The molecule has 2 aromatic rings. The molecule has 0 saturated carbocycles. The smallest absolute Gasteiger partial charge is 0.236 e. The molecule has 1 aliphatic rings. The zero-order chi connectivity index (χ0) is 16.2. The Kier molecular flexibility index (Phi) is 5.74. The van der Waals surface area contributed by atoms with Gasteiger partial charge in [0.15, 0.2) is 5.13 Å². The number of nitrogens with one attached hydrogen (secondary N) is 1. The molecule has 0 atom stereocenters. The predicted molar refractivity (Wildman–Crippen MR) is 104 cm³/mol. The van der Waals surface area contributed by atoms with Crippen LogP contribution in [-0.4, -0.2) is 39.0 Å². The minimum atomic E-state index is -0.0838. The Bertz CT molecular complexity index is 728. The molecule has 1 N–H and O–H groups in total. The van der Waals surface area contributed by atoms with Crippen LogP contribution in [0.2, 0.25) is 5.02 Å². The first-order valence-corrected chi connectivity index (χ1v) is 9.98. The minimum Gasteiger partial charge on any atom is -0.358 e. The quantitative estimate of drug-likeness (QED) is 0.793. The highest BCUT2D eigenvalue weighted by atomic mass is 35.5. The molecule has 1 amide bonds. The van der Waals surface area contributed by atoms with Crippen LogP contribution in [0.15, 0.2) is 18.2 Å². The number of aromatic nitrogens is 1. The lowest BCUT2D eigenvalue weighted by atomic mass is 10.1. The van der Waals surface area contributed by atoms with Crippen LogP contribution >= 0.6 is 46.9 Å². The molecule has 0 unspecified atom stereocenters. The molecule has 0 spiro atoms. The van der Waals surface area contributed by atoms with Crippen LogP contribution in [-0.2, 0) is 4.79 Å². The van der Waals surface area contributed by atoms with E-state index in [0.29, 0.717) is 15.9 Å². The first-order valence-electron chi connectivity index (χ1n) is 7.39. The van der Waals surface area contributed by atoms with Gasteiger partial charge in [-0.05, 0) is 37.5 Å². The van der Waals surface area contributed by atoms with Gasteiger partial charge in [0, 0.05) is 18.1 Å². The van der Waals surface area contributed by atoms with E-state index in [9.17, 15) is 4.79 Å². The second-order valence-corrected chi connectivity index (χ2v) is 8.36. The number of rotatable bonds is 3. The Morgan fingerprint density at radius 1 is 1.39 bits per heavy atom. The number of anilines is 1. The van der Waals surface area contributed by atoms with Crippen molar-refractivity contribution in [2.45, 2.75) is 19.3 Å². The number of likely N-dealkylation sites (tertiary alicyclic amines) is 1. The topological polar surface area (TPSA) is 45.2 Å². The number of benzene rings is 1. The largest absolute Gasteiger partial charge is 0.358 e. The standard InChI is InChI=1S/C15H16ClN3OS3/c16-10-4-5-11-12(8-10)23-14(17-11)18-13(20)9-22-15(21)19-6-2-1-3-7-19/h4-5,8H,1-3,6-7,9H2,(H,17,18,20). The van der Waals surface area contributed by atoms with E-state index < -0.39 is 0 Å². The van der Waals surface area contributed by atoms with Crippen LogP contribution in [0.3, 0.4) is 0 Å². The molecule has 0 bridgehead atoms. The van der Waals surface area contributed by atoms with E-state index >= 15 is 0 Å². The Morgan fingerprint density at radius 3 is 2.96 bits per heavy atom. The summed E-state index contributed by atoms with van der Waals surface area (Å²) in [7, 11) is 0. The number of carbonyl (C=O) groups excluding carboxylic acids is 1. The molecule has 2 heterocycles. The summed E-state index contributed by atoms with van der Waals surface area (Å²) < 4.78 is 1.78. The third kappa shape index (κ3) is 4.56. The molecular weight excluding hydrogens is 370 g/mol. The molecule has 8 heteroatoms. The summed E-state index contributed by atoms with van der Waals surface area (Å²) in [4.78, 5) is 18.7. The molecule has 122 valence electrons. The van der Waals surface area contributed by atoms with Gasteiger partial charge in [-0.2, -0.15) is 0 Å². The lowest BCUT2D eigenvalue weighted by molar-refractivity contribution is -0.113. The van der Waals surface area contributed by atoms with Gasteiger partial charge in [0.2, 0.25) is 5.91 Å². The maximum atomic E-state index is 12.1. The van der Waals surface area contributed by atoms with E-state index in [1.54, 1.807) is 6.07 Å². The lowest BCUT2D eigenvalue weighted by Gasteiger charge is -2.28. The lowest BCUT2D eigenvalue weighted by Crippen LogP contribution is -2.33. The summed E-state index contributed by atoms with van der Waals surface area (Å²) in [6, 6.07) is 5.50. The summed E-state index contributed by atoms with van der Waals surface area (Å²) in [5, 5.41) is 4.10. The van der Waals surface area contributed by atoms with Gasteiger partial charge in [0.1, 0.15) is 4.32 Å². The van der Waals surface area contributed by atoms with E-state index in [1.807, 2.05) is 12.1 Å². The van der Waals surface area contributed by atoms with Crippen molar-refractivity contribution < 1.29 is 4.79 Å². The molecule has 1 aromatic heterocycles. The molecule has 1 aliphatic heterocycles. The second-order valence-electron chi connectivity index (χ2n) is 5.28. The summed E-state index contributed by atoms with van der Waals surface area (Å²) in [6.07, 6.45) is 3.63. The normalized spacial score (nSPS) is 14.9. The molecule has 1 saturated heterocycles. The van der Waals surface area contributed by atoms with Gasteiger partial charge in [0.05, 0.1) is 16.0 Å². The number of nitrogens with zero attached hydrogens (tertiary/aromatic N) is 2. The van der Waals surface area contributed by atoms with Crippen molar-refractivity contribution in [1.82, 2.24) is 9.88 Å². The molecular formula is C15H16ClN3OS3. The number of thiazole rings is 1. The second kappa shape index (κ2) is 7.79. The number of amides is 1. The summed E-state index contributed by atoms with van der Waals surface area (Å²) in [5.41, 5.74) is 0.839. The Balaban J connectivity index is 1.52. The minimum absolute atomic E-state index is 0.0838. The average Bonchev–Trinajstić information content (AvgIpc) is 2.94. The molecule has 23 heavy (non-hydrogen) atoms. The average molecular weight is 386 g/mol. The van der Waals surface area contributed by atoms with Crippen molar-refractivity contribution in [2.24, 2.45) is 0 Å². The van der Waals surface area contributed by atoms with E-state index in [2.05, 4.69) is 15.2 Å². The summed E-state index contributed by atoms with van der Waals surface area (Å²) >= 11 is 14.2. The zero-order valence-electron chi connectivity index (χ0n) is 12.4. The monoisotopic (exact) mass is 385 g/mol. The van der Waals surface area contributed by atoms with Gasteiger partial charge in [-0.1, -0.05) is 46.9 Å². The van der Waals surface area contributed by atoms with Crippen LogP contribution < -0.4 is 5.32 Å². The Labute approximate surface area is 153 Å². The third-order valence-corrected chi connectivity index (χ3v) is 6.23. The number of hydrogen-bond donors (Lipinski definition) is 1. The summed E-state index contributed by atoms with van der Waals surface area (Å²) in [6.45, 7) is 2.01. The molecule has 0 radical (unpaired) electrons. The van der Waals surface area contributed by atoms with Crippen molar-refractivity contribution in [2.75, 3.05) is 24.2 Å². The van der Waals surface area contributed by atoms with E-state index in [1.165, 1.54) is 42.4 Å². The maximum absolute atomic E-state index is 12.1. The fourth-order valence-corrected chi connectivity index (χ4v) is 4.61. The SMILES string of the molecule is O=C(CSC(=S)N1CCCCC1)Nc1nc2ccc(Cl)cc2s1. The molecule has 3 rings (SSSR count). The summed E-state index contributed by atoms with van der Waals surface area (Å²) in [5.74, 6) is 0.228. The van der Waals surface area contributed by atoms with Crippen molar-refractivity contribution in [3.63, 3.8) is 0 Å². The van der Waals surface area contributed by atoms with Crippen LogP contribution in [0.5, 0.6) is 0 Å². The van der Waals surface area contributed by atoms with E-state index in [-0.39, 0.29) is 5.91 Å². The van der Waals surface area contributed by atoms with E-state index in [4.69, 9.17) is 23.8 Å². The van der Waals surface area contributed by atoms with Gasteiger partial charge in [-0.3, -0.25) is 4.79 Å². The Morgan fingerprint density at radius 2 is 2.17 bits per heavy atom. The fraction of sp³-hybridized carbons (Fsp3) is 0.400.